The van der Waals surface area contributed by atoms with E-state index in [1.54, 1.807) is 23.1 Å². The number of nitrogens with zero attached hydrogens (tertiary/aromatic N) is 3. The molecule has 1 aliphatic heterocycles. The Morgan fingerprint density at radius 3 is 2.69 bits per heavy atom. The molecule has 0 unspecified atom stereocenters. The van der Waals surface area contributed by atoms with Crippen LogP contribution in [0.4, 0.5) is 20.3 Å². The molecule has 2 aromatic carbocycles. The number of aromatic nitrogens is 2. The summed E-state index contributed by atoms with van der Waals surface area (Å²) in [5.74, 6) is -0.0759. The number of fused-ring (bicyclic) bond motifs is 1. The number of hydrogen-bond acceptors (Lipinski definition) is 4. The lowest BCUT2D eigenvalue weighted by Crippen LogP contribution is -2.39. The van der Waals surface area contributed by atoms with E-state index < -0.39 is 11.6 Å². The molecule has 2 N–H and O–H groups in total. The van der Waals surface area contributed by atoms with E-state index in [-0.39, 0.29) is 36.2 Å². The van der Waals surface area contributed by atoms with E-state index in [1.807, 2.05) is 11.5 Å². The van der Waals surface area contributed by atoms with E-state index >= 15 is 0 Å². The van der Waals surface area contributed by atoms with Gasteiger partial charge in [0.1, 0.15) is 29.0 Å². The van der Waals surface area contributed by atoms with Crippen LogP contribution in [0.25, 0.3) is 11.3 Å². The summed E-state index contributed by atoms with van der Waals surface area (Å²) >= 11 is 5.81. The predicted molar refractivity (Wildman–Crippen MR) is 130 cm³/mol. The molecule has 1 aromatic heterocycles. The van der Waals surface area contributed by atoms with E-state index in [4.69, 9.17) is 16.6 Å². The fourth-order valence-corrected chi connectivity index (χ4v) is 4.07. The third kappa shape index (κ3) is 5.79. The van der Waals surface area contributed by atoms with E-state index in [2.05, 4.69) is 10.6 Å². The van der Waals surface area contributed by atoms with Crippen molar-refractivity contribution < 1.29 is 18.4 Å². The summed E-state index contributed by atoms with van der Waals surface area (Å²) in [7, 11) is 0. The van der Waals surface area contributed by atoms with Gasteiger partial charge in [-0.05, 0) is 36.8 Å². The summed E-state index contributed by atoms with van der Waals surface area (Å²) < 4.78 is 29.9. The van der Waals surface area contributed by atoms with E-state index in [0.29, 0.717) is 48.2 Å². The lowest BCUT2D eigenvalue weighted by Gasteiger charge is -2.28. The number of rotatable bonds is 8. The second kappa shape index (κ2) is 10.9. The summed E-state index contributed by atoms with van der Waals surface area (Å²) in [6, 6.07) is 10.4. The molecule has 0 atom stereocenters. The van der Waals surface area contributed by atoms with Crippen LogP contribution in [0.15, 0.2) is 42.5 Å². The van der Waals surface area contributed by atoms with Crippen molar-refractivity contribution in [3.63, 3.8) is 0 Å². The average Bonchev–Trinajstić information content (AvgIpc) is 3.21. The Bertz CT molecular complexity index is 1250. The minimum absolute atomic E-state index is 0.00810. The van der Waals surface area contributed by atoms with Crippen LogP contribution in [0.2, 0.25) is 5.02 Å². The molecule has 2 amide bonds. The zero-order chi connectivity index (χ0) is 24.9. The molecule has 0 saturated carbocycles. The van der Waals surface area contributed by atoms with Crippen molar-refractivity contribution in [1.82, 2.24) is 19.8 Å². The van der Waals surface area contributed by atoms with Gasteiger partial charge in [-0.3, -0.25) is 9.59 Å². The Labute approximate surface area is 207 Å². The third-order valence-electron chi connectivity index (χ3n) is 5.74. The topological polar surface area (TPSA) is 79.3 Å². The molecule has 3 aromatic rings. The van der Waals surface area contributed by atoms with Gasteiger partial charge in [-0.15, -0.1) is 0 Å². The summed E-state index contributed by atoms with van der Waals surface area (Å²) in [5, 5.41) is 5.97. The summed E-state index contributed by atoms with van der Waals surface area (Å²) in [4.78, 5) is 31.0. The molecule has 0 bridgehead atoms. The number of nitrogens with one attached hydrogen (secondary N) is 2. The van der Waals surface area contributed by atoms with Gasteiger partial charge in [0.05, 0.1) is 11.6 Å². The van der Waals surface area contributed by atoms with Gasteiger partial charge < -0.3 is 20.1 Å². The highest BCUT2D eigenvalue weighted by Crippen LogP contribution is 2.34. The molecule has 4 rings (SSSR count). The third-order valence-corrected chi connectivity index (χ3v) is 6.05. The largest absolute Gasteiger partial charge is 0.356 e. The zero-order valence-electron chi connectivity index (χ0n) is 19.3. The molecule has 0 aliphatic carbocycles. The van der Waals surface area contributed by atoms with Crippen LogP contribution in [0, 0.1) is 11.6 Å². The second-order valence-corrected chi connectivity index (χ2v) is 8.71. The normalized spacial score (nSPS) is 12.9. The quantitative estimate of drug-likeness (QED) is 0.461. The number of amides is 2. The van der Waals surface area contributed by atoms with Crippen LogP contribution >= 0.6 is 11.6 Å². The molecule has 0 spiro atoms. The maximum Gasteiger partial charge on any atom is 0.223 e. The first-order valence-corrected chi connectivity index (χ1v) is 11.9. The Morgan fingerprint density at radius 2 is 1.94 bits per heavy atom. The van der Waals surface area contributed by atoms with Crippen molar-refractivity contribution in [2.75, 3.05) is 18.4 Å². The zero-order valence-corrected chi connectivity index (χ0v) is 20.0. The SMILES string of the molecule is CCCNC(=O)CCC(=O)N1CCn2c(nc(-c3cccc(F)c3)c2Nc2ccc(Cl)c(F)c2)C1. The van der Waals surface area contributed by atoms with Crippen molar-refractivity contribution in [3.8, 4) is 11.3 Å². The first-order valence-electron chi connectivity index (χ1n) is 11.5. The highest BCUT2D eigenvalue weighted by atomic mass is 35.5. The molecule has 0 radical (unpaired) electrons. The Hall–Kier alpha value is -3.46. The smallest absolute Gasteiger partial charge is 0.223 e. The minimum atomic E-state index is -0.567. The number of halogens is 3. The Kier molecular flexibility index (Phi) is 7.65. The van der Waals surface area contributed by atoms with Gasteiger partial charge in [-0.2, -0.15) is 0 Å². The van der Waals surface area contributed by atoms with Crippen LogP contribution in [0.1, 0.15) is 32.0 Å². The summed E-state index contributed by atoms with van der Waals surface area (Å²) in [5.41, 5.74) is 1.50. The van der Waals surface area contributed by atoms with Crippen molar-refractivity contribution >= 4 is 34.9 Å². The van der Waals surface area contributed by atoms with Gasteiger partial charge in [-0.1, -0.05) is 30.7 Å². The Morgan fingerprint density at radius 1 is 1.11 bits per heavy atom. The molecule has 1 aliphatic rings. The number of carbonyl (C=O) groups is 2. The van der Waals surface area contributed by atoms with Crippen LogP contribution in [0.3, 0.4) is 0 Å². The van der Waals surface area contributed by atoms with Crippen molar-refractivity contribution in [3.05, 3.63) is 64.9 Å². The average molecular weight is 502 g/mol. The van der Waals surface area contributed by atoms with Gasteiger partial charge in [-0.25, -0.2) is 13.8 Å². The van der Waals surface area contributed by atoms with Gasteiger partial charge in [0.25, 0.3) is 0 Å². The summed E-state index contributed by atoms with van der Waals surface area (Å²) in [6.07, 6.45) is 1.08. The maximum absolute atomic E-state index is 14.0. The highest BCUT2D eigenvalue weighted by Gasteiger charge is 2.27. The van der Waals surface area contributed by atoms with Gasteiger partial charge in [0.2, 0.25) is 11.8 Å². The molecule has 7 nitrogen and oxygen atoms in total. The molecule has 35 heavy (non-hydrogen) atoms. The second-order valence-electron chi connectivity index (χ2n) is 8.31. The van der Waals surface area contributed by atoms with Gasteiger partial charge >= 0.3 is 0 Å². The van der Waals surface area contributed by atoms with Gasteiger partial charge in [0.15, 0.2) is 0 Å². The highest BCUT2D eigenvalue weighted by molar-refractivity contribution is 6.30. The maximum atomic E-state index is 14.0. The molecule has 2 heterocycles. The lowest BCUT2D eigenvalue weighted by molar-refractivity contribution is -0.134. The number of hydrogen-bond donors (Lipinski definition) is 2. The van der Waals surface area contributed by atoms with Gasteiger partial charge in [0, 0.05) is 43.7 Å². The molecular formula is C25H26ClF2N5O2. The first-order chi connectivity index (χ1) is 16.9. The number of benzene rings is 2. The van der Waals surface area contributed by atoms with Crippen molar-refractivity contribution in [2.45, 2.75) is 39.3 Å². The van der Waals surface area contributed by atoms with Crippen LogP contribution in [-0.2, 0) is 22.7 Å². The number of carbonyl (C=O) groups excluding carboxylic acids is 2. The van der Waals surface area contributed by atoms with Crippen LogP contribution in [-0.4, -0.2) is 39.4 Å². The number of imidazole rings is 1. The van der Waals surface area contributed by atoms with Crippen LogP contribution in [0.5, 0.6) is 0 Å². The molecular weight excluding hydrogens is 476 g/mol. The summed E-state index contributed by atoms with van der Waals surface area (Å²) in [6.45, 7) is 3.65. The van der Waals surface area contributed by atoms with Crippen LogP contribution < -0.4 is 10.6 Å². The van der Waals surface area contributed by atoms with Crippen molar-refractivity contribution in [2.24, 2.45) is 0 Å². The molecule has 0 fully saturated rings. The lowest BCUT2D eigenvalue weighted by atomic mass is 10.1. The molecule has 0 saturated heterocycles. The van der Waals surface area contributed by atoms with E-state index in [1.165, 1.54) is 24.3 Å². The number of anilines is 2. The fraction of sp³-hybridized carbons (Fsp3) is 0.320. The minimum Gasteiger partial charge on any atom is -0.356 e. The fourth-order valence-electron chi connectivity index (χ4n) is 3.95. The standard InChI is InChI=1S/C25H26ClF2N5O2/c1-2-10-29-22(34)8-9-23(35)32-11-12-33-21(15-32)31-24(16-4-3-5-17(27)13-16)25(33)30-18-6-7-19(26)20(28)14-18/h3-7,13-14,30H,2,8-12,15H2,1H3,(H,29,34). The molecule has 184 valence electrons. The first kappa shape index (κ1) is 24.7. The monoisotopic (exact) mass is 501 g/mol. The molecule has 10 heteroatoms. The van der Waals surface area contributed by atoms with Crippen molar-refractivity contribution in [1.29, 1.82) is 0 Å². The van der Waals surface area contributed by atoms with E-state index in [9.17, 15) is 18.4 Å². The Balaban J connectivity index is 1.59. The van der Waals surface area contributed by atoms with E-state index in [0.717, 1.165) is 6.42 Å². The predicted octanol–water partition coefficient (Wildman–Crippen LogP) is 4.87.